The zero-order valence-corrected chi connectivity index (χ0v) is 12.8. The van der Waals surface area contributed by atoms with Gasteiger partial charge in [-0.3, -0.25) is 4.79 Å². The van der Waals surface area contributed by atoms with Crippen LogP contribution in [-0.4, -0.2) is 43.5 Å². The van der Waals surface area contributed by atoms with Gasteiger partial charge in [-0.1, -0.05) is 0 Å². The molecule has 3 aromatic heterocycles. The summed E-state index contributed by atoms with van der Waals surface area (Å²) < 4.78 is 7.02. The summed E-state index contributed by atoms with van der Waals surface area (Å²) in [7, 11) is 0. The second kappa shape index (κ2) is 5.49. The molecule has 1 aliphatic heterocycles. The topological polar surface area (TPSA) is 76.5 Å². The maximum atomic E-state index is 12.5. The van der Waals surface area contributed by atoms with Crippen LogP contribution in [0.5, 0.6) is 0 Å². The van der Waals surface area contributed by atoms with Gasteiger partial charge in [-0.2, -0.15) is 5.10 Å². The van der Waals surface area contributed by atoms with E-state index in [-0.39, 0.29) is 5.91 Å². The molecule has 4 rings (SSSR count). The van der Waals surface area contributed by atoms with Gasteiger partial charge in [0.1, 0.15) is 5.76 Å². The first-order valence-corrected chi connectivity index (χ1v) is 7.72. The second-order valence-corrected chi connectivity index (χ2v) is 5.79. The van der Waals surface area contributed by atoms with Crippen molar-refractivity contribution in [3.8, 4) is 0 Å². The van der Waals surface area contributed by atoms with Crippen LogP contribution < -0.4 is 0 Å². The minimum Gasteiger partial charge on any atom is -0.448 e. The van der Waals surface area contributed by atoms with E-state index in [1.165, 1.54) is 6.39 Å². The smallest absolute Gasteiger partial charge is 0.276 e. The first-order chi connectivity index (χ1) is 11.2. The fraction of sp³-hybridized carbons (Fsp3) is 0.375. The number of rotatable bonds is 2. The Bertz CT molecular complexity index is 845. The Morgan fingerprint density at radius 1 is 1.22 bits per heavy atom. The Morgan fingerprint density at radius 2 is 2.04 bits per heavy atom. The van der Waals surface area contributed by atoms with E-state index in [4.69, 9.17) is 4.42 Å². The van der Waals surface area contributed by atoms with E-state index in [1.54, 1.807) is 13.1 Å². The van der Waals surface area contributed by atoms with Gasteiger partial charge in [0.2, 0.25) is 0 Å². The number of amides is 1. The van der Waals surface area contributed by atoms with Crippen LogP contribution in [0.1, 0.15) is 40.7 Å². The van der Waals surface area contributed by atoms with Crippen molar-refractivity contribution in [1.29, 1.82) is 0 Å². The zero-order chi connectivity index (χ0) is 15.8. The average molecular weight is 311 g/mol. The van der Waals surface area contributed by atoms with E-state index < -0.39 is 0 Å². The van der Waals surface area contributed by atoms with Gasteiger partial charge < -0.3 is 9.32 Å². The molecule has 7 heteroatoms. The van der Waals surface area contributed by atoms with Crippen LogP contribution in [0, 0.1) is 6.92 Å². The number of oxazole rings is 1. The SMILES string of the molecule is Cc1ocnc1C(=O)N1CCC(c2ccnc3ccnn23)CC1. The molecular weight excluding hydrogens is 294 g/mol. The Morgan fingerprint density at radius 3 is 2.78 bits per heavy atom. The lowest BCUT2D eigenvalue weighted by molar-refractivity contribution is 0.0704. The molecule has 0 bridgehead atoms. The zero-order valence-electron chi connectivity index (χ0n) is 12.8. The van der Waals surface area contributed by atoms with Gasteiger partial charge in [-0.15, -0.1) is 0 Å². The number of nitrogens with zero attached hydrogens (tertiary/aromatic N) is 5. The minimum absolute atomic E-state index is 0.0475. The predicted octanol–water partition coefficient (Wildman–Crippen LogP) is 2.05. The average Bonchev–Trinajstić information content (AvgIpc) is 3.22. The standard InChI is InChI=1S/C16H17N5O2/c1-11-15(18-10-23-11)16(22)20-8-4-12(5-9-20)13-2-6-17-14-3-7-19-21(13)14/h2-3,6-7,10,12H,4-5,8-9H2,1H3. The van der Waals surface area contributed by atoms with Gasteiger partial charge in [-0.25, -0.2) is 14.5 Å². The third-order valence-electron chi connectivity index (χ3n) is 4.47. The van der Waals surface area contributed by atoms with E-state index in [9.17, 15) is 4.79 Å². The second-order valence-electron chi connectivity index (χ2n) is 5.79. The Kier molecular flexibility index (Phi) is 3.33. The van der Waals surface area contributed by atoms with Crippen molar-refractivity contribution in [2.75, 3.05) is 13.1 Å². The largest absolute Gasteiger partial charge is 0.448 e. The molecule has 1 aliphatic rings. The summed E-state index contributed by atoms with van der Waals surface area (Å²) in [5.74, 6) is 0.904. The molecule has 0 radical (unpaired) electrons. The van der Waals surface area contributed by atoms with Crippen LogP contribution in [-0.2, 0) is 0 Å². The van der Waals surface area contributed by atoms with Crippen LogP contribution in [0.2, 0.25) is 0 Å². The van der Waals surface area contributed by atoms with E-state index in [1.807, 2.05) is 27.7 Å². The molecule has 3 aromatic rings. The predicted molar refractivity (Wildman–Crippen MR) is 82.1 cm³/mol. The summed E-state index contributed by atoms with van der Waals surface area (Å²) in [6.07, 6.45) is 6.71. The van der Waals surface area contributed by atoms with Gasteiger partial charge in [-0.05, 0) is 25.8 Å². The van der Waals surface area contributed by atoms with Crippen molar-refractivity contribution in [2.45, 2.75) is 25.7 Å². The molecule has 23 heavy (non-hydrogen) atoms. The lowest BCUT2D eigenvalue weighted by Gasteiger charge is -2.31. The number of hydrogen-bond acceptors (Lipinski definition) is 5. The summed E-state index contributed by atoms with van der Waals surface area (Å²) in [5, 5.41) is 4.35. The van der Waals surface area contributed by atoms with E-state index >= 15 is 0 Å². The first-order valence-electron chi connectivity index (χ1n) is 7.72. The third kappa shape index (κ3) is 2.38. The highest BCUT2D eigenvalue weighted by molar-refractivity contribution is 5.93. The third-order valence-corrected chi connectivity index (χ3v) is 4.47. The number of likely N-dealkylation sites (tertiary alicyclic amines) is 1. The Balaban J connectivity index is 1.50. The molecule has 0 unspecified atom stereocenters. The quantitative estimate of drug-likeness (QED) is 0.724. The fourth-order valence-corrected chi connectivity index (χ4v) is 3.20. The molecule has 1 amide bonds. The number of carbonyl (C=O) groups excluding carboxylic acids is 1. The molecule has 0 aromatic carbocycles. The van der Waals surface area contributed by atoms with Gasteiger partial charge >= 0.3 is 0 Å². The first kappa shape index (κ1) is 13.9. The molecule has 0 atom stereocenters. The van der Waals surface area contributed by atoms with Crippen LogP contribution in [0.15, 0.2) is 35.3 Å². The normalized spacial score (nSPS) is 16.1. The highest BCUT2D eigenvalue weighted by Crippen LogP contribution is 2.28. The van der Waals surface area contributed by atoms with E-state index in [2.05, 4.69) is 15.1 Å². The maximum Gasteiger partial charge on any atom is 0.276 e. The Hall–Kier alpha value is -2.70. The van der Waals surface area contributed by atoms with Crippen LogP contribution in [0.4, 0.5) is 0 Å². The minimum atomic E-state index is -0.0475. The number of fused-ring (bicyclic) bond motifs is 1. The van der Waals surface area contributed by atoms with Crippen molar-refractivity contribution in [3.05, 3.63) is 48.1 Å². The van der Waals surface area contributed by atoms with Crippen molar-refractivity contribution in [3.63, 3.8) is 0 Å². The Labute approximate surface area is 132 Å². The maximum absolute atomic E-state index is 12.5. The van der Waals surface area contributed by atoms with Gasteiger partial charge in [0.05, 0.1) is 6.20 Å². The fourth-order valence-electron chi connectivity index (χ4n) is 3.20. The number of piperidine rings is 1. The van der Waals surface area contributed by atoms with Gasteiger partial charge in [0.25, 0.3) is 5.91 Å². The molecule has 0 saturated carbocycles. The number of hydrogen-bond donors (Lipinski definition) is 0. The summed E-state index contributed by atoms with van der Waals surface area (Å²) in [5.41, 5.74) is 2.44. The van der Waals surface area contributed by atoms with Crippen LogP contribution >= 0.6 is 0 Å². The molecule has 1 fully saturated rings. The number of carbonyl (C=O) groups is 1. The molecule has 0 aliphatic carbocycles. The summed E-state index contributed by atoms with van der Waals surface area (Å²) in [4.78, 5) is 22.6. The molecule has 118 valence electrons. The van der Waals surface area contributed by atoms with Crippen LogP contribution in [0.3, 0.4) is 0 Å². The highest BCUT2D eigenvalue weighted by atomic mass is 16.3. The monoisotopic (exact) mass is 311 g/mol. The van der Waals surface area contributed by atoms with Crippen molar-refractivity contribution in [1.82, 2.24) is 24.5 Å². The lowest BCUT2D eigenvalue weighted by atomic mass is 9.93. The number of aryl methyl sites for hydroxylation is 1. The van der Waals surface area contributed by atoms with Crippen molar-refractivity contribution >= 4 is 11.6 Å². The van der Waals surface area contributed by atoms with E-state index in [0.717, 1.165) is 24.2 Å². The molecule has 4 heterocycles. The molecule has 0 spiro atoms. The molecular formula is C16H17N5O2. The van der Waals surface area contributed by atoms with Crippen molar-refractivity contribution in [2.24, 2.45) is 0 Å². The van der Waals surface area contributed by atoms with Gasteiger partial charge in [0.15, 0.2) is 17.7 Å². The molecule has 7 nitrogen and oxygen atoms in total. The highest BCUT2D eigenvalue weighted by Gasteiger charge is 2.28. The molecule has 0 N–H and O–H groups in total. The van der Waals surface area contributed by atoms with Crippen LogP contribution in [0.25, 0.3) is 5.65 Å². The van der Waals surface area contributed by atoms with Crippen molar-refractivity contribution < 1.29 is 9.21 Å². The number of aromatic nitrogens is 4. The summed E-state index contributed by atoms with van der Waals surface area (Å²) in [6.45, 7) is 3.18. The summed E-state index contributed by atoms with van der Waals surface area (Å²) >= 11 is 0. The molecule has 1 saturated heterocycles. The van der Waals surface area contributed by atoms with E-state index in [0.29, 0.717) is 30.5 Å². The van der Waals surface area contributed by atoms with Gasteiger partial charge in [0, 0.05) is 37.0 Å². The summed E-state index contributed by atoms with van der Waals surface area (Å²) in [6, 6.07) is 3.92. The lowest BCUT2D eigenvalue weighted by Crippen LogP contribution is -2.38.